The van der Waals surface area contributed by atoms with Crippen molar-refractivity contribution in [1.82, 2.24) is 0 Å². The van der Waals surface area contributed by atoms with E-state index in [1.165, 1.54) is 7.11 Å². The number of aromatic hydroxyl groups is 5. The monoisotopic (exact) mass is 600 g/mol. The number of hydrogen-bond acceptors (Lipinski definition) is 16. The fourth-order valence-electron chi connectivity index (χ4n) is 4.87. The van der Waals surface area contributed by atoms with Crippen LogP contribution >= 0.6 is 0 Å². The van der Waals surface area contributed by atoms with Gasteiger partial charge in [-0.05, 0) is 24.3 Å². The molecule has 0 radical (unpaired) electrons. The summed E-state index contributed by atoms with van der Waals surface area (Å²) in [4.78, 5) is 38.2. The van der Waals surface area contributed by atoms with Crippen molar-refractivity contribution in [2.75, 3.05) is 13.7 Å². The molecule has 3 aromatic carbocycles. The van der Waals surface area contributed by atoms with Gasteiger partial charge in [-0.25, -0.2) is 14.4 Å². The summed E-state index contributed by atoms with van der Waals surface area (Å²) in [6.07, 6.45) is -6.76. The second-order valence-corrected chi connectivity index (χ2v) is 9.54. The highest BCUT2D eigenvalue weighted by Gasteiger charge is 2.43. The summed E-state index contributed by atoms with van der Waals surface area (Å²) in [6.45, 7) is -0.526. The first-order valence-corrected chi connectivity index (χ1v) is 12.3. The van der Waals surface area contributed by atoms with Crippen molar-refractivity contribution in [2.45, 2.75) is 24.6 Å². The summed E-state index contributed by atoms with van der Waals surface area (Å²) >= 11 is 0. The molecule has 6 rings (SSSR count). The fourth-order valence-corrected chi connectivity index (χ4v) is 4.87. The first-order chi connectivity index (χ1) is 20.4. The van der Waals surface area contributed by atoms with E-state index in [9.17, 15) is 50.1 Å². The molecule has 0 saturated carbocycles. The molecule has 0 aliphatic carbocycles. The lowest BCUT2D eigenvalue weighted by Crippen LogP contribution is -2.56. The number of methoxy groups -OCH3 is 1. The van der Waals surface area contributed by atoms with Crippen molar-refractivity contribution in [3.05, 3.63) is 50.7 Å². The molecule has 1 aliphatic heterocycles. The molecule has 0 amide bonds. The molecule has 2 aromatic heterocycles. The Morgan fingerprint density at radius 1 is 0.814 bits per heavy atom. The lowest BCUT2D eigenvalue weighted by atomic mass is 10.0. The third-order valence-corrected chi connectivity index (χ3v) is 6.96. The molecule has 3 heterocycles. The molecule has 0 unspecified atom stereocenters. The summed E-state index contributed by atoms with van der Waals surface area (Å²) in [5.41, 5.74) is -3.15. The van der Waals surface area contributed by atoms with Crippen LogP contribution in [0.25, 0.3) is 32.7 Å². The minimum atomic E-state index is -1.87. The Kier molecular flexibility index (Phi) is 6.33. The first-order valence-electron chi connectivity index (χ1n) is 12.3. The highest BCUT2D eigenvalue weighted by atomic mass is 16.7. The summed E-state index contributed by atoms with van der Waals surface area (Å²) in [5, 5.41) is 69.9. The lowest BCUT2D eigenvalue weighted by molar-refractivity contribution is -0.242. The molecule has 43 heavy (non-hydrogen) atoms. The fraction of sp³-hybridized carbons (Fsp3) is 0.222. The lowest BCUT2D eigenvalue weighted by Gasteiger charge is -2.36. The van der Waals surface area contributed by atoms with Crippen LogP contribution in [0, 0.1) is 0 Å². The number of ether oxygens (including phenoxy) is 4. The smallest absolute Gasteiger partial charge is 0.344 e. The van der Waals surface area contributed by atoms with Crippen LogP contribution in [0.5, 0.6) is 40.2 Å². The average molecular weight is 600 g/mol. The largest absolute Gasteiger partial charge is 0.504 e. The Labute approximate surface area is 236 Å². The number of phenols is 5. The van der Waals surface area contributed by atoms with Crippen LogP contribution in [0.3, 0.4) is 0 Å². The third-order valence-electron chi connectivity index (χ3n) is 6.96. The number of benzene rings is 3. The van der Waals surface area contributed by atoms with Gasteiger partial charge in [0.05, 0.1) is 30.1 Å². The minimum Gasteiger partial charge on any atom is -0.504 e. The topological polar surface area (TPSA) is 256 Å². The molecule has 5 aromatic rings. The summed E-state index contributed by atoms with van der Waals surface area (Å²) < 4.78 is 32.2. The van der Waals surface area contributed by atoms with Crippen LogP contribution in [-0.4, -0.2) is 80.0 Å². The minimum absolute atomic E-state index is 0.00350. The zero-order valence-electron chi connectivity index (χ0n) is 21.6. The van der Waals surface area contributed by atoms with E-state index < -0.39 is 82.8 Å². The summed E-state index contributed by atoms with van der Waals surface area (Å²) in [5.74, 6) is -5.63. The van der Waals surface area contributed by atoms with Gasteiger partial charge in [0.2, 0.25) is 17.8 Å². The Morgan fingerprint density at radius 2 is 1.40 bits per heavy atom. The maximum absolute atomic E-state index is 12.9. The highest BCUT2D eigenvalue weighted by molar-refractivity contribution is 6.22. The van der Waals surface area contributed by atoms with E-state index in [4.69, 9.17) is 27.8 Å². The zero-order valence-corrected chi connectivity index (χ0v) is 21.6. The van der Waals surface area contributed by atoms with Crippen molar-refractivity contribution in [3.63, 3.8) is 0 Å². The normalized spacial score (nSPS) is 20.5. The molecule has 16 heteroatoms. The Balaban J connectivity index is 1.33. The molecule has 7 N–H and O–H groups in total. The van der Waals surface area contributed by atoms with E-state index in [0.29, 0.717) is 0 Å². The van der Waals surface area contributed by atoms with E-state index in [1.54, 1.807) is 0 Å². The van der Waals surface area contributed by atoms with Crippen LogP contribution in [0.1, 0.15) is 10.4 Å². The standard InChI is InChI=1S/C27H20O16/c1-38-21-13(5-9-16-15-8(25(36)43-23(16)21)4-12(30)18(32)22(15)42-26(9)37)41-27-20(34)19(33)14(6-39-27)40-24(35)7-2-10(28)17(31)11(29)3-7/h2-5,14,19-20,27-34H,6H2,1H3/t14-,19+,20-,27+/m1/s1. The SMILES string of the molecule is COc1c(O[C@@H]2OC[C@@H](OC(=O)c3cc(O)c(O)c(O)c3)[C@H](O)[C@H]2O)cc2c(=O)oc3c(O)c(O)cc4c(=O)oc1c2c34. The van der Waals surface area contributed by atoms with Gasteiger partial charge in [0.25, 0.3) is 0 Å². The average Bonchev–Trinajstić information content (AvgIpc) is 2.97. The number of carbonyl (C=O) groups is 1. The molecule has 1 aliphatic rings. The number of rotatable bonds is 5. The Hall–Kier alpha value is -5.45. The van der Waals surface area contributed by atoms with Crippen molar-refractivity contribution < 1.29 is 68.3 Å². The van der Waals surface area contributed by atoms with Gasteiger partial charge in [-0.1, -0.05) is 0 Å². The van der Waals surface area contributed by atoms with Gasteiger partial charge in [0, 0.05) is 10.8 Å². The van der Waals surface area contributed by atoms with Gasteiger partial charge in [-0.2, -0.15) is 0 Å². The quantitative estimate of drug-likeness (QED) is 0.0634. The molecule has 4 atom stereocenters. The van der Waals surface area contributed by atoms with Crippen LogP contribution in [0.4, 0.5) is 0 Å². The number of aliphatic hydroxyl groups is 2. The molecule has 0 bridgehead atoms. The maximum Gasteiger partial charge on any atom is 0.344 e. The van der Waals surface area contributed by atoms with E-state index in [0.717, 1.165) is 24.3 Å². The van der Waals surface area contributed by atoms with E-state index >= 15 is 0 Å². The Bertz CT molecular complexity index is 2020. The molecule has 224 valence electrons. The van der Waals surface area contributed by atoms with Crippen LogP contribution in [0.2, 0.25) is 0 Å². The highest BCUT2D eigenvalue weighted by Crippen LogP contribution is 2.46. The van der Waals surface area contributed by atoms with Gasteiger partial charge in [-0.15, -0.1) is 0 Å². The number of esters is 1. The molecule has 1 fully saturated rings. The first kappa shape index (κ1) is 27.7. The summed E-state index contributed by atoms with van der Waals surface area (Å²) in [6, 6.07) is 3.71. The third kappa shape index (κ3) is 4.23. The molecular weight excluding hydrogens is 580 g/mol. The van der Waals surface area contributed by atoms with Gasteiger partial charge in [0.15, 0.2) is 46.0 Å². The second kappa shape index (κ2) is 9.83. The van der Waals surface area contributed by atoms with Gasteiger partial charge >= 0.3 is 17.2 Å². The second-order valence-electron chi connectivity index (χ2n) is 9.54. The predicted molar refractivity (Wildman–Crippen MR) is 140 cm³/mol. The summed E-state index contributed by atoms with van der Waals surface area (Å²) in [7, 11) is 1.19. The van der Waals surface area contributed by atoms with Crippen molar-refractivity contribution in [2.24, 2.45) is 0 Å². The van der Waals surface area contributed by atoms with Crippen molar-refractivity contribution in [1.29, 1.82) is 0 Å². The van der Waals surface area contributed by atoms with Crippen LogP contribution in [0.15, 0.2) is 42.7 Å². The van der Waals surface area contributed by atoms with Crippen molar-refractivity contribution in [3.8, 4) is 40.2 Å². The number of phenolic OH excluding ortho intramolecular Hbond substituents is 5. The zero-order chi connectivity index (χ0) is 30.9. The van der Waals surface area contributed by atoms with Gasteiger partial charge in [0.1, 0.15) is 12.2 Å². The van der Waals surface area contributed by atoms with Crippen molar-refractivity contribution >= 4 is 38.7 Å². The molecule has 0 spiro atoms. The van der Waals surface area contributed by atoms with Gasteiger partial charge < -0.3 is 63.5 Å². The van der Waals surface area contributed by atoms with Crippen LogP contribution < -0.4 is 20.7 Å². The van der Waals surface area contributed by atoms with Crippen LogP contribution in [-0.2, 0) is 9.47 Å². The van der Waals surface area contributed by atoms with E-state index in [-0.39, 0.29) is 44.2 Å². The molecular formula is C27H20O16. The van der Waals surface area contributed by atoms with E-state index in [1.807, 2.05) is 0 Å². The maximum atomic E-state index is 12.9. The van der Waals surface area contributed by atoms with E-state index in [2.05, 4.69) is 0 Å². The molecule has 16 nitrogen and oxygen atoms in total. The Morgan fingerprint density at radius 3 is 2.05 bits per heavy atom. The number of hydrogen-bond donors (Lipinski definition) is 7. The molecule has 1 saturated heterocycles. The van der Waals surface area contributed by atoms with Gasteiger partial charge in [-0.3, -0.25) is 0 Å². The predicted octanol–water partition coefficient (Wildman–Crippen LogP) is 0.709. The number of aliphatic hydroxyl groups excluding tert-OH is 2. The number of carbonyl (C=O) groups excluding carboxylic acids is 1.